The summed E-state index contributed by atoms with van der Waals surface area (Å²) < 4.78 is 5.00. The maximum atomic E-state index is 11.2. The lowest BCUT2D eigenvalue weighted by Gasteiger charge is -2.09. The van der Waals surface area contributed by atoms with Crippen molar-refractivity contribution in [3.8, 4) is 5.75 Å². The minimum atomic E-state index is -0.407. The van der Waals surface area contributed by atoms with Crippen molar-refractivity contribution in [1.82, 2.24) is 0 Å². The number of benzene rings is 1. The standard InChI is InChI=1S/C11H13NO3/c1-3-10(14)15-11-8(7(2)13)5-4-6-9(11)12/h4-6H,3,12H2,1-2H3. The minimum absolute atomic E-state index is 0.164. The highest BCUT2D eigenvalue weighted by atomic mass is 16.5. The lowest BCUT2D eigenvalue weighted by molar-refractivity contribution is -0.133. The first-order chi connectivity index (χ1) is 7.06. The maximum Gasteiger partial charge on any atom is 0.310 e. The summed E-state index contributed by atoms with van der Waals surface area (Å²) in [5.41, 5.74) is 6.26. The summed E-state index contributed by atoms with van der Waals surface area (Å²) in [5, 5.41) is 0. The van der Waals surface area contributed by atoms with Crippen molar-refractivity contribution >= 4 is 17.4 Å². The third-order valence-corrected chi connectivity index (χ3v) is 1.93. The molecule has 0 atom stereocenters. The van der Waals surface area contributed by atoms with E-state index in [-0.39, 0.29) is 18.0 Å². The minimum Gasteiger partial charge on any atom is -0.424 e. The monoisotopic (exact) mass is 207 g/mol. The highest BCUT2D eigenvalue weighted by Gasteiger charge is 2.14. The van der Waals surface area contributed by atoms with Gasteiger partial charge in [0.05, 0.1) is 11.3 Å². The van der Waals surface area contributed by atoms with Crippen molar-refractivity contribution in [2.75, 3.05) is 5.73 Å². The Morgan fingerprint density at radius 2 is 2.07 bits per heavy atom. The van der Waals surface area contributed by atoms with E-state index in [4.69, 9.17) is 10.5 Å². The van der Waals surface area contributed by atoms with Crippen LogP contribution in [-0.4, -0.2) is 11.8 Å². The van der Waals surface area contributed by atoms with E-state index in [1.807, 2.05) is 0 Å². The zero-order valence-electron chi connectivity index (χ0n) is 8.74. The summed E-state index contributed by atoms with van der Waals surface area (Å²) in [7, 11) is 0. The van der Waals surface area contributed by atoms with E-state index in [2.05, 4.69) is 0 Å². The van der Waals surface area contributed by atoms with Crippen LogP contribution in [0, 0.1) is 0 Å². The lowest BCUT2D eigenvalue weighted by Crippen LogP contribution is -2.10. The van der Waals surface area contributed by atoms with Crippen LogP contribution in [0.1, 0.15) is 30.6 Å². The molecule has 0 aliphatic heterocycles. The van der Waals surface area contributed by atoms with Crippen LogP contribution >= 0.6 is 0 Å². The molecule has 0 fully saturated rings. The number of hydrogen-bond donors (Lipinski definition) is 1. The van der Waals surface area contributed by atoms with E-state index in [9.17, 15) is 9.59 Å². The van der Waals surface area contributed by atoms with Crippen molar-refractivity contribution in [3.63, 3.8) is 0 Å². The first-order valence-corrected chi connectivity index (χ1v) is 4.66. The Morgan fingerprint density at radius 1 is 1.40 bits per heavy atom. The Kier molecular flexibility index (Phi) is 3.44. The van der Waals surface area contributed by atoms with E-state index >= 15 is 0 Å². The first-order valence-electron chi connectivity index (χ1n) is 4.66. The lowest BCUT2D eigenvalue weighted by atomic mass is 10.1. The molecule has 1 rings (SSSR count). The molecule has 15 heavy (non-hydrogen) atoms. The Balaban J connectivity index is 3.13. The summed E-state index contributed by atoms with van der Waals surface area (Å²) in [6.07, 6.45) is 0.242. The van der Waals surface area contributed by atoms with Crippen molar-refractivity contribution in [2.24, 2.45) is 0 Å². The molecule has 2 N–H and O–H groups in total. The number of rotatable bonds is 3. The zero-order valence-corrected chi connectivity index (χ0v) is 8.74. The average Bonchev–Trinajstić information content (AvgIpc) is 2.20. The molecule has 0 saturated carbocycles. The van der Waals surface area contributed by atoms with Gasteiger partial charge in [-0.15, -0.1) is 0 Å². The number of ether oxygens (including phenoxy) is 1. The van der Waals surface area contributed by atoms with Crippen molar-refractivity contribution in [2.45, 2.75) is 20.3 Å². The van der Waals surface area contributed by atoms with E-state index in [0.29, 0.717) is 11.3 Å². The molecule has 80 valence electrons. The number of para-hydroxylation sites is 1. The zero-order chi connectivity index (χ0) is 11.4. The molecule has 0 aliphatic rings. The topological polar surface area (TPSA) is 69.4 Å². The van der Waals surface area contributed by atoms with Gasteiger partial charge in [0.25, 0.3) is 0 Å². The Hall–Kier alpha value is -1.84. The predicted octanol–water partition coefficient (Wildman–Crippen LogP) is 1.79. The molecule has 4 nitrogen and oxygen atoms in total. The van der Waals surface area contributed by atoms with E-state index in [1.165, 1.54) is 6.92 Å². The van der Waals surface area contributed by atoms with Gasteiger partial charge in [-0.2, -0.15) is 0 Å². The fourth-order valence-electron chi connectivity index (χ4n) is 1.13. The normalized spacial score (nSPS) is 9.73. The Labute approximate surface area is 88.0 Å². The number of carbonyl (C=O) groups is 2. The first kappa shape index (κ1) is 11.2. The Bertz CT molecular complexity index is 399. The highest BCUT2D eigenvalue weighted by molar-refractivity contribution is 5.99. The quantitative estimate of drug-likeness (QED) is 0.355. The third kappa shape index (κ3) is 2.56. The van der Waals surface area contributed by atoms with Crippen LogP contribution in [0.4, 0.5) is 5.69 Å². The van der Waals surface area contributed by atoms with Gasteiger partial charge in [-0.1, -0.05) is 13.0 Å². The van der Waals surface area contributed by atoms with Crippen LogP contribution in [0.5, 0.6) is 5.75 Å². The van der Waals surface area contributed by atoms with Crippen molar-refractivity contribution in [1.29, 1.82) is 0 Å². The number of esters is 1. The van der Waals surface area contributed by atoms with E-state index in [0.717, 1.165) is 0 Å². The average molecular weight is 207 g/mol. The summed E-state index contributed by atoms with van der Waals surface area (Å²) in [6, 6.07) is 4.82. The van der Waals surface area contributed by atoms with Gasteiger partial charge < -0.3 is 10.5 Å². The van der Waals surface area contributed by atoms with Crippen LogP contribution in [0.25, 0.3) is 0 Å². The van der Waals surface area contributed by atoms with Crippen molar-refractivity contribution < 1.29 is 14.3 Å². The highest BCUT2D eigenvalue weighted by Crippen LogP contribution is 2.27. The van der Waals surface area contributed by atoms with Crippen LogP contribution in [0.2, 0.25) is 0 Å². The molecule has 0 unspecified atom stereocenters. The number of ketones is 1. The van der Waals surface area contributed by atoms with Gasteiger partial charge >= 0.3 is 5.97 Å². The smallest absolute Gasteiger partial charge is 0.310 e. The molecule has 1 aromatic carbocycles. The third-order valence-electron chi connectivity index (χ3n) is 1.93. The largest absolute Gasteiger partial charge is 0.424 e. The summed E-state index contributed by atoms with van der Waals surface area (Å²) >= 11 is 0. The number of hydrogen-bond acceptors (Lipinski definition) is 4. The van der Waals surface area contributed by atoms with Crippen LogP contribution in [0.15, 0.2) is 18.2 Å². The van der Waals surface area contributed by atoms with E-state index in [1.54, 1.807) is 25.1 Å². The van der Waals surface area contributed by atoms with Crippen LogP contribution < -0.4 is 10.5 Å². The van der Waals surface area contributed by atoms with Gasteiger partial charge in [-0.3, -0.25) is 9.59 Å². The summed E-state index contributed by atoms with van der Waals surface area (Å²) in [5.74, 6) is -0.423. The van der Waals surface area contributed by atoms with Crippen LogP contribution in [-0.2, 0) is 4.79 Å². The molecular weight excluding hydrogens is 194 g/mol. The molecule has 0 heterocycles. The predicted molar refractivity (Wildman–Crippen MR) is 56.8 cm³/mol. The van der Waals surface area contributed by atoms with Gasteiger partial charge in [-0.25, -0.2) is 0 Å². The molecular formula is C11H13NO3. The van der Waals surface area contributed by atoms with Crippen molar-refractivity contribution in [3.05, 3.63) is 23.8 Å². The number of Topliss-reactive ketones (excluding diaryl/α,β-unsaturated/α-hetero) is 1. The molecule has 0 aliphatic carbocycles. The number of carbonyl (C=O) groups excluding carboxylic acids is 2. The fraction of sp³-hybridized carbons (Fsp3) is 0.273. The number of nitrogen functional groups attached to an aromatic ring is 1. The second kappa shape index (κ2) is 4.59. The molecule has 0 radical (unpaired) electrons. The second-order valence-electron chi connectivity index (χ2n) is 3.11. The molecule has 0 aromatic heterocycles. The molecule has 0 amide bonds. The Morgan fingerprint density at radius 3 is 2.60 bits per heavy atom. The van der Waals surface area contributed by atoms with Gasteiger partial charge in [0.15, 0.2) is 11.5 Å². The fourth-order valence-corrected chi connectivity index (χ4v) is 1.13. The maximum absolute atomic E-state index is 11.2. The van der Waals surface area contributed by atoms with Gasteiger partial charge in [-0.05, 0) is 19.1 Å². The summed E-state index contributed by atoms with van der Waals surface area (Å²) in [6.45, 7) is 3.08. The second-order valence-corrected chi connectivity index (χ2v) is 3.11. The molecule has 0 bridgehead atoms. The SMILES string of the molecule is CCC(=O)Oc1c(N)cccc1C(C)=O. The summed E-state index contributed by atoms with van der Waals surface area (Å²) in [4.78, 5) is 22.4. The van der Waals surface area contributed by atoms with Gasteiger partial charge in [0.2, 0.25) is 0 Å². The molecule has 4 heteroatoms. The molecule has 0 saturated heterocycles. The van der Waals surface area contributed by atoms with Gasteiger partial charge in [0.1, 0.15) is 0 Å². The molecule has 0 spiro atoms. The van der Waals surface area contributed by atoms with Crippen LogP contribution in [0.3, 0.4) is 0 Å². The number of nitrogens with two attached hydrogens (primary N) is 1. The van der Waals surface area contributed by atoms with E-state index < -0.39 is 5.97 Å². The molecule has 1 aromatic rings. The number of anilines is 1. The van der Waals surface area contributed by atoms with Gasteiger partial charge in [0, 0.05) is 6.42 Å².